The predicted molar refractivity (Wildman–Crippen MR) is 91.1 cm³/mol. The number of fused-ring (bicyclic) bond motifs is 1. The second-order valence-corrected chi connectivity index (χ2v) is 7.30. The van der Waals surface area contributed by atoms with Crippen LogP contribution in [0.2, 0.25) is 0 Å². The van der Waals surface area contributed by atoms with E-state index in [0.717, 1.165) is 49.1 Å². The van der Waals surface area contributed by atoms with E-state index >= 15 is 0 Å². The van der Waals surface area contributed by atoms with Gasteiger partial charge < -0.3 is 5.32 Å². The van der Waals surface area contributed by atoms with Crippen molar-refractivity contribution in [2.24, 2.45) is 5.41 Å². The van der Waals surface area contributed by atoms with Crippen LogP contribution in [0.5, 0.6) is 0 Å². The molecule has 0 amide bonds. The van der Waals surface area contributed by atoms with Gasteiger partial charge in [-0.25, -0.2) is 4.98 Å². The zero-order chi connectivity index (χ0) is 14.4. The monoisotopic (exact) mass is 340 g/mol. The average Bonchev–Trinajstić information content (AvgIpc) is 3.14. The highest BCUT2D eigenvalue weighted by Gasteiger charge is 2.40. The molecular formula is C15H21ClN4OS. The lowest BCUT2D eigenvalue weighted by atomic mass is 9.87. The van der Waals surface area contributed by atoms with E-state index in [-0.39, 0.29) is 18.0 Å². The van der Waals surface area contributed by atoms with Crippen molar-refractivity contribution in [1.82, 2.24) is 19.6 Å². The minimum absolute atomic E-state index is 0. The van der Waals surface area contributed by atoms with Crippen molar-refractivity contribution in [3.05, 3.63) is 33.2 Å². The Morgan fingerprint density at radius 3 is 3.09 bits per heavy atom. The van der Waals surface area contributed by atoms with Crippen LogP contribution in [0.15, 0.2) is 16.2 Å². The molecule has 2 aromatic rings. The molecule has 0 aliphatic carbocycles. The maximum atomic E-state index is 12.2. The highest BCUT2D eigenvalue weighted by atomic mass is 35.5. The number of nitrogens with one attached hydrogen (secondary N) is 1. The van der Waals surface area contributed by atoms with Gasteiger partial charge in [-0.1, -0.05) is 0 Å². The smallest absolute Gasteiger partial charge is 0.259 e. The Kier molecular flexibility index (Phi) is 4.29. The third-order valence-corrected chi connectivity index (χ3v) is 5.81. The Labute approximate surface area is 139 Å². The lowest BCUT2D eigenvalue weighted by Crippen LogP contribution is -2.29. The Balaban J connectivity index is 0.00000144. The third kappa shape index (κ3) is 2.69. The molecule has 2 aliphatic rings. The van der Waals surface area contributed by atoms with E-state index in [0.29, 0.717) is 5.41 Å². The number of rotatable bonds is 2. The number of likely N-dealkylation sites (tertiary alicyclic amines) is 1. The fourth-order valence-corrected chi connectivity index (χ4v) is 4.61. The molecule has 4 rings (SSSR count). The second-order valence-electron chi connectivity index (χ2n) is 6.47. The Bertz CT molecular complexity index is 735. The van der Waals surface area contributed by atoms with E-state index in [2.05, 4.69) is 15.2 Å². The summed E-state index contributed by atoms with van der Waals surface area (Å²) in [7, 11) is 0. The van der Waals surface area contributed by atoms with E-state index in [4.69, 9.17) is 0 Å². The number of aromatic nitrogens is 2. The molecule has 0 bridgehead atoms. The summed E-state index contributed by atoms with van der Waals surface area (Å²) < 4.78 is 1.69. The molecule has 0 radical (unpaired) electrons. The molecule has 2 saturated heterocycles. The van der Waals surface area contributed by atoms with Crippen molar-refractivity contribution in [2.45, 2.75) is 26.3 Å². The lowest BCUT2D eigenvalue weighted by molar-refractivity contribution is 0.266. The van der Waals surface area contributed by atoms with E-state index in [1.54, 1.807) is 21.8 Å². The molecule has 2 aliphatic heterocycles. The summed E-state index contributed by atoms with van der Waals surface area (Å²) in [4.78, 5) is 20.1. The summed E-state index contributed by atoms with van der Waals surface area (Å²) in [6.45, 7) is 7.28. The van der Waals surface area contributed by atoms with Gasteiger partial charge in [-0.2, -0.15) is 0 Å². The van der Waals surface area contributed by atoms with Gasteiger partial charge in [0.05, 0.1) is 5.69 Å². The SMILES string of the molecule is Cc1csc2nc(CN3CCC4(CCNC4)C3)cc(=O)n12.Cl. The lowest BCUT2D eigenvalue weighted by Gasteiger charge is -2.22. The molecule has 2 fully saturated rings. The molecule has 0 aromatic carbocycles. The quantitative estimate of drug-likeness (QED) is 0.903. The first-order valence-corrected chi connectivity index (χ1v) is 8.43. The summed E-state index contributed by atoms with van der Waals surface area (Å²) in [5.74, 6) is 0. The molecule has 1 N–H and O–H groups in total. The van der Waals surface area contributed by atoms with Crippen molar-refractivity contribution in [2.75, 3.05) is 26.2 Å². The molecule has 5 nitrogen and oxygen atoms in total. The van der Waals surface area contributed by atoms with Crippen molar-refractivity contribution < 1.29 is 0 Å². The minimum Gasteiger partial charge on any atom is -0.316 e. The van der Waals surface area contributed by atoms with Crippen molar-refractivity contribution in [3.63, 3.8) is 0 Å². The first-order chi connectivity index (χ1) is 10.2. The zero-order valence-corrected chi connectivity index (χ0v) is 14.3. The molecule has 0 saturated carbocycles. The number of hydrogen-bond donors (Lipinski definition) is 1. The fraction of sp³-hybridized carbons (Fsp3) is 0.600. The molecule has 120 valence electrons. The standard InChI is InChI=1S/C15H20N4OS.ClH/c1-11-8-21-14-17-12(6-13(20)19(11)14)7-18-5-3-15(10-18)2-4-16-9-15;/h6,8,16H,2-5,7,9-10H2,1H3;1H. The molecule has 1 spiro atoms. The number of hydrogen-bond acceptors (Lipinski definition) is 5. The first-order valence-electron chi connectivity index (χ1n) is 7.55. The predicted octanol–water partition coefficient (Wildman–Crippen LogP) is 1.67. The average molecular weight is 341 g/mol. The van der Waals surface area contributed by atoms with E-state index < -0.39 is 0 Å². The van der Waals surface area contributed by atoms with Gasteiger partial charge >= 0.3 is 0 Å². The fourth-order valence-electron chi connectivity index (χ4n) is 3.72. The van der Waals surface area contributed by atoms with Crippen LogP contribution in [0, 0.1) is 12.3 Å². The highest BCUT2D eigenvalue weighted by Crippen LogP contribution is 2.36. The molecule has 2 aromatic heterocycles. The number of nitrogens with zero attached hydrogens (tertiary/aromatic N) is 3. The summed E-state index contributed by atoms with van der Waals surface area (Å²) in [5, 5.41) is 5.47. The second kappa shape index (κ2) is 5.92. The number of thiazole rings is 1. The van der Waals surface area contributed by atoms with Crippen molar-refractivity contribution in [1.29, 1.82) is 0 Å². The number of halogens is 1. The first kappa shape index (κ1) is 15.9. The van der Waals surface area contributed by atoms with Crippen LogP contribution >= 0.6 is 23.7 Å². The summed E-state index contributed by atoms with van der Waals surface area (Å²) >= 11 is 1.54. The normalized spacial score (nSPS) is 25.1. The van der Waals surface area contributed by atoms with Gasteiger partial charge in [0.25, 0.3) is 5.56 Å². The number of aryl methyl sites for hydroxylation is 1. The molecule has 1 unspecified atom stereocenters. The minimum atomic E-state index is 0. The maximum absolute atomic E-state index is 12.2. The maximum Gasteiger partial charge on any atom is 0.259 e. The van der Waals surface area contributed by atoms with Crippen LogP contribution < -0.4 is 10.9 Å². The van der Waals surface area contributed by atoms with Crippen molar-refractivity contribution >= 4 is 28.7 Å². The van der Waals surface area contributed by atoms with Gasteiger partial charge in [0, 0.05) is 36.8 Å². The van der Waals surface area contributed by atoms with Crippen LogP contribution in [-0.2, 0) is 6.54 Å². The Morgan fingerprint density at radius 2 is 2.32 bits per heavy atom. The molecular weight excluding hydrogens is 320 g/mol. The van der Waals surface area contributed by atoms with Crippen LogP contribution in [0.3, 0.4) is 0 Å². The van der Waals surface area contributed by atoms with Gasteiger partial charge in [0.2, 0.25) is 0 Å². The van der Waals surface area contributed by atoms with Gasteiger partial charge in [0.15, 0.2) is 4.96 Å². The van der Waals surface area contributed by atoms with Crippen LogP contribution in [0.25, 0.3) is 4.96 Å². The Hall–Kier alpha value is -0.950. The van der Waals surface area contributed by atoms with Gasteiger partial charge in [-0.05, 0) is 38.3 Å². The molecule has 4 heterocycles. The largest absolute Gasteiger partial charge is 0.316 e. The van der Waals surface area contributed by atoms with Gasteiger partial charge in [-0.3, -0.25) is 14.1 Å². The van der Waals surface area contributed by atoms with Crippen LogP contribution in [0.4, 0.5) is 0 Å². The van der Waals surface area contributed by atoms with E-state index in [1.165, 1.54) is 12.8 Å². The third-order valence-electron chi connectivity index (χ3n) is 4.86. The topological polar surface area (TPSA) is 49.6 Å². The molecule has 22 heavy (non-hydrogen) atoms. The molecule has 7 heteroatoms. The van der Waals surface area contributed by atoms with Gasteiger partial charge in [0.1, 0.15) is 0 Å². The van der Waals surface area contributed by atoms with E-state index in [1.807, 2.05) is 12.3 Å². The van der Waals surface area contributed by atoms with E-state index in [9.17, 15) is 4.79 Å². The van der Waals surface area contributed by atoms with Crippen molar-refractivity contribution in [3.8, 4) is 0 Å². The van der Waals surface area contributed by atoms with Crippen LogP contribution in [-0.4, -0.2) is 40.5 Å². The summed E-state index contributed by atoms with van der Waals surface area (Å²) in [6.07, 6.45) is 2.54. The summed E-state index contributed by atoms with van der Waals surface area (Å²) in [6, 6.07) is 1.70. The van der Waals surface area contributed by atoms with Crippen LogP contribution in [0.1, 0.15) is 24.2 Å². The summed E-state index contributed by atoms with van der Waals surface area (Å²) in [5.41, 5.74) is 2.39. The Morgan fingerprint density at radius 1 is 1.45 bits per heavy atom. The highest BCUT2D eigenvalue weighted by molar-refractivity contribution is 7.15. The molecule has 1 atom stereocenters. The zero-order valence-electron chi connectivity index (χ0n) is 12.7. The van der Waals surface area contributed by atoms with Gasteiger partial charge in [-0.15, -0.1) is 23.7 Å².